The van der Waals surface area contributed by atoms with E-state index in [2.05, 4.69) is 17.9 Å². The van der Waals surface area contributed by atoms with Crippen molar-refractivity contribution < 1.29 is 34.1 Å². The molecule has 0 amide bonds. The monoisotopic (exact) mass is 551 g/mol. The van der Waals surface area contributed by atoms with Gasteiger partial charge in [-0.15, -0.1) is 0 Å². The first-order valence-corrected chi connectivity index (χ1v) is 13.9. The van der Waals surface area contributed by atoms with Crippen molar-refractivity contribution >= 4 is 17.3 Å². The maximum absolute atomic E-state index is 13.8. The topological polar surface area (TPSA) is 143 Å². The molecular formula is C30H37N3O7. The summed E-state index contributed by atoms with van der Waals surface area (Å²) in [5, 5.41) is 23.4. The molecule has 40 heavy (non-hydrogen) atoms. The fraction of sp³-hybridized carbons (Fsp3) is 0.567. The third-order valence-electron chi connectivity index (χ3n) is 10.0. The number of hydrogen-bond donors (Lipinski definition) is 3. The Kier molecular flexibility index (Phi) is 6.09. The number of aryl methyl sites for hydroxylation is 1. The zero-order valence-corrected chi connectivity index (χ0v) is 23.8. The Morgan fingerprint density at radius 1 is 1.20 bits per heavy atom. The lowest BCUT2D eigenvalue weighted by Gasteiger charge is -2.66. The minimum atomic E-state index is -0.945. The van der Waals surface area contributed by atoms with E-state index < -0.39 is 29.9 Å². The predicted octanol–water partition coefficient (Wildman–Crippen LogP) is 1.89. The molecule has 4 heterocycles. The van der Waals surface area contributed by atoms with Crippen LogP contribution in [-0.2, 0) is 24.7 Å². The number of rotatable bonds is 6. The Balaban J connectivity index is 1.53. The van der Waals surface area contributed by atoms with Gasteiger partial charge >= 0.3 is 0 Å². The van der Waals surface area contributed by atoms with E-state index in [0.29, 0.717) is 23.3 Å². The third-order valence-corrected chi connectivity index (χ3v) is 10.0. The number of nitrogens with two attached hydrogens (primary N) is 1. The number of hydrogen-bond acceptors (Lipinski definition) is 10. The fourth-order valence-corrected chi connectivity index (χ4v) is 8.22. The number of aromatic hydroxyl groups is 1. The number of aliphatic hydroxyl groups excluding tert-OH is 1. The summed E-state index contributed by atoms with van der Waals surface area (Å²) in [5.74, 6) is -0.334. The first-order valence-electron chi connectivity index (χ1n) is 13.9. The summed E-state index contributed by atoms with van der Waals surface area (Å²) in [4.78, 5) is 44.3. The average molecular weight is 552 g/mol. The van der Waals surface area contributed by atoms with Crippen molar-refractivity contribution in [2.24, 2.45) is 5.73 Å². The predicted molar refractivity (Wildman–Crippen MR) is 144 cm³/mol. The van der Waals surface area contributed by atoms with E-state index in [4.69, 9.17) is 15.2 Å². The summed E-state index contributed by atoms with van der Waals surface area (Å²) in [5.41, 5.74) is 8.95. The molecule has 0 saturated carbocycles. The van der Waals surface area contributed by atoms with Crippen LogP contribution in [0.3, 0.4) is 0 Å². The molecule has 1 aromatic rings. The number of carbonyl (C=O) groups is 3. The highest BCUT2D eigenvalue weighted by atomic mass is 16.5. The first kappa shape index (κ1) is 27.1. The number of carbonyl (C=O) groups excluding carboxylic acids is 3. The number of nitrogens with zero attached hydrogens (tertiary/aromatic N) is 2. The van der Waals surface area contributed by atoms with Crippen LogP contribution in [0.1, 0.15) is 69.2 Å². The lowest BCUT2D eigenvalue weighted by atomic mass is 9.70. The summed E-state index contributed by atoms with van der Waals surface area (Å²) < 4.78 is 10.9. The molecule has 214 valence electrons. The van der Waals surface area contributed by atoms with Crippen LogP contribution in [-0.4, -0.2) is 82.0 Å². The Morgan fingerprint density at radius 2 is 1.90 bits per heavy atom. The number of ether oxygens (including phenoxy) is 2. The van der Waals surface area contributed by atoms with Gasteiger partial charge in [0.1, 0.15) is 12.0 Å². The number of phenols is 1. The van der Waals surface area contributed by atoms with Gasteiger partial charge in [-0.05, 0) is 64.2 Å². The van der Waals surface area contributed by atoms with E-state index in [1.165, 1.54) is 14.2 Å². The molecule has 3 unspecified atom stereocenters. The maximum atomic E-state index is 13.8. The van der Waals surface area contributed by atoms with Crippen LogP contribution in [0, 0.1) is 6.92 Å². The number of Topliss-reactive ketones (excluding diaryl/α,β-unsaturated/α-hetero) is 3. The number of phenolic OH excluding ortho intramolecular Hbond substituents is 1. The molecule has 6 rings (SSSR count). The van der Waals surface area contributed by atoms with E-state index in [0.717, 1.165) is 16.7 Å². The Morgan fingerprint density at radius 3 is 2.52 bits per heavy atom. The molecule has 10 nitrogen and oxygen atoms in total. The van der Waals surface area contributed by atoms with Gasteiger partial charge in [-0.1, -0.05) is 0 Å². The molecule has 0 spiro atoms. The van der Waals surface area contributed by atoms with Crippen molar-refractivity contribution in [3.05, 3.63) is 45.2 Å². The van der Waals surface area contributed by atoms with Gasteiger partial charge in [0.2, 0.25) is 5.78 Å². The zero-order chi connectivity index (χ0) is 29.0. The Bertz CT molecular complexity index is 1430. The number of methoxy groups -OCH3 is 2. The second-order valence-electron chi connectivity index (χ2n) is 12.1. The number of fused-ring (bicyclic) bond motifs is 5. The standard InChI is InChI=1S/C30H37N3O7/c1-12-9-16-22(26(37)27(12)39-5)23-18-10-15-21(25(36)28(40-6)13(2)24(15)35)17(7-8-20(34)14(3)31)32(18)29(38)19-11-30(16,4)33(19)23/h9,14,17-19,23,29,37-38H,7-8,10-11,31H2,1-6H3/t14-,17+,18+,19?,23?,29+,30?/m1/s1. The summed E-state index contributed by atoms with van der Waals surface area (Å²) in [7, 11) is 2.89. The van der Waals surface area contributed by atoms with Crippen molar-refractivity contribution in [1.82, 2.24) is 9.80 Å². The molecule has 10 heteroatoms. The van der Waals surface area contributed by atoms with Crippen LogP contribution in [0.15, 0.2) is 28.5 Å². The fourth-order valence-electron chi connectivity index (χ4n) is 8.22. The van der Waals surface area contributed by atoms with E-state index in [9.17, 15) is 24.6 Å². The van der Waals surface area contributed by atoms with Crippen LogP contribution < -0.4 is 10.5 Å². The van der Waals surface area contributed by atoms with Crippen LogP contribution in [0.5, 0.6) is 11.5 Å². The summed E-state index contributed by atoms with van der Waals surface area (Å²) in [6, 6.07) is -0.364. The number of aliphatic hydroxyl groups is 1. The van der Waals surface area contributed by atoms with Gasteiger partial charge in [0, 0.05) is 46.3 Å². The zero-order valence-electron chi connectivity index (χ0n) is 23.8. The van der Waals surface area contributed by atoms with E-state index in [-0.39, 0.29) is 65.8 Å². The third kappa shape index (κ3) is 3.27. The highest BCUT2D eigenvalue weighted by Gasteiger charge is 2.69. The molecule has 2 saturated heterocycles. The molecule has 5 aliphatic rings. The second-order valence-corrected chi connectivity index (χ2v) is 12.1. The number of ketones is 3. The number of allylic oxidation sites excluding steroid dienone is 2. The van der Waals surface area contributed by atoms with Gasteiger partial charge in [0.25, 0.3) is 0 Å². The molecule has 0 bridgehead atoms. The van der Waals surface area contributed by atoms with Crippen molar-refractivity contribution in [1.29, 1.82) is 0 Å². The smallest absolute Gasteiger partial charge is 0.225 e. The molecule has 0 radical (unpaired) electrons. The Labute approximate surface area is 233 Å². The second kappa shape index (κ2) is 8.97. The molecule has 4 aliphatic heterocycles. The maximum Gasteiger partial charge on any atom is 0.225 e. The molecule has 0 aromatic heterocycles. The normalized spacial score (nSPS) is 33.6. The molecule has 1 aromatic carbocycles. The van der Waals surface area contributed by atoms with Crippen molar-refractivity contribution in [3.63, 3.8) is 0 Å². The van der Waals surface area contributed by atoms with Crippen LogP contribution in [0.4, 0.5) is 0 Å². The van der Waals surface area contributed by atoms with E-state index in [1.54, 1.807) is 13.8 Å². The van der Waals surface area contributed by atoms with Crippen molar-refractivity contribution in [2.75, 3.05) is 14.2 Å². The number of benzene rings is 1. The first-order chi connectivity index (χ1) is 18.9. The number of piperazine rings is 1. The van der Waals surface area contributed by atoms with Gasteiger partial charge in [0.05, 0.1) is 32.3 Å². The van der Waals surface area contributed by atoms with Gasteiger partial charge in [-0.2, -0.15) is 0 Å². The van der Waals surface area contributed by atoms with Crippen LogP contribution in [0.2, 0.25) is 0 Å². The van der Waals surface area contributed by atoms with E-state index in [1.807, 2.05) is 11.8 Å². The van der Waals surface area contributed by atoms with Crippen molar-refractivity contribution in [3.8, 4) is 11.5 Å². The molecule has 7 atom stereocenters. The highest BCUT2D eigenvalue weighted by molar-refractivity contribution is 6.25. The lowest BCUT2D eigenvalue weighted by Crippen LogP contribution is -2.76. The molecule has 2 fully saturated rings. The van der Waals surface area contributed by atoms with Gasteiger partial charge < -0.3 is 25.4 Å². The van der Waals surface area contributed by atoms with Crippen molar-refractivity contribution in [2.45, 2.75) is 95.4 Å². The molecule has 4 N–H and O–H groups in total. The molecular weight excluding hydrogens is 514 g/mol. The summed E-state index contributed by atoms with van der Waals surface area (Å²) in [6.07, 6.45) is 0.224. The van der Waals surface area contributed by atoms with Crippen LogP contribution in [0.25, 0.3) is 0 Å². The van der Waals surface area contributed by atoms with E-state index >= 15 is 0 Å². The average Bonchev–Trinajstić information content (AvgIpc) is 3.10. The Hall–Kier alpha value is -3.05. The minimum Gasteiger partial charge on any atom is -0.504 e. The summed E-state index contributed by atoms with van der Waals surface area (Å²) >= 11 is 0. The van der Waals surface area contributed by atoms with Gasteiger partial charge in [0.15, 0.2) is 23.0 Å². The quantitative estimate of drug-likeness (QED) is 0.449. The van der Waals surface area contributed by atoms with Gasteiger partial charge in [-0.25, -0.2) is 0 Å². The largest absolute Gasteiger partial charge is 0.504 e. The van der Waals surface area contributed by atoms with Gasteiger partial charge in [-0.3, -0.25) is 24.2 Å². The minimum absolute atomic E-state index is 0.000803. The molecule has 1 aliphatic carbocycles. The lowest BCUT2D eigenvalue weighted by molar-refractivity contribution is -0.241. The summed E-state index contributed by atoms with van der Waals surface area (Å²) in [6.45, 7) is 7.23. The van der Waals surface area contributed by atoms with Crippen LogP contribution >= 0.6 is 0 Å². The highest BCUT2D eigenvalue weighted by Crippen LogP contribution is 2.66. The SMILES string of the molecule is COC1=C(C)C(=O)C2=C(C1=O)[C@H](CCC(=O)[C@@H](C)N)N1[C@@H](O)C3CC4(C)c5cc(C)c(OC)c(O)c5C([C@@H]1C2)N34.